The molecule has 0 aliphatic heterocycles. The Labute approximate surface area is 89.6 Å². The van der Waals surface area contributed by atoms with Crippen molar-refractivity contribution in [2.24, 2.45) is 5.73 Å². The van der Waals surface area contributed by atoms with E-state index in [1.54, 1.807) is 0 Å². The van der Waals surface area contributed by atoms with Crippen molar-refractivity contribution in [1.29, 1.82) is 0 Å². The maximum atomic E-state index is 6.12. The lowest BCUT2D eigenvalue weighted by Gasteiger charge is -2.19. The second kappa shape index (κ2) is 4.16. The number of benzene rings is 1. The zero-order valence-corrected chi connectivity index (χ0v) is 8.80. The summed E-state index contributed by atoms with van der Waals surface area (Å²) in [7, 11) is 0. The molecule has 2 N–H and O–H groups in total. The van der Waals surface area contributed by atoms with Gasteiger partial charge in [0, 0.05) is 11.1 Å². The lowest BCUT2D eigenvalue weighted by Crippen LogP contribution is -2.21. The summed E-state index contributed by atoms with van der Waals surface area (Å²) in [6, 6.07) is 8.33. The van der Waals surface area contributed by atoms with Crippen LogP contribution in [0.15, 0.2) is 30.3 Å². The molecule has 1 aliphatic carbocycles. The van der Waals surface area contributed by atoms with Gasteiger partial charge in [-0.25, -0.2) is 0 Å². The summed E-state index contributed by atoms with van der Waals surface area (Å²) >= 11 is 6.12. The van der Waals surface area contributed by atoms with E-state index >= 15 is 0 Å². The SMILES string of the molecule is NC1CC=C(c2ccccc2Cl)CC1. The topological polar surface area (TPSA) is 26.0 Å². The molecular weight excluding hydrogens is 194 g/mol. The van der Waals surface area contributed by atoms with E-state index in [1.165, 1.54) is 11.1 Å². The second-order valence-electron chi connectivity index (χ2n) is 3.74. The first-order valence-electron chi connectivity index (χ1n) is 4.97. The molecular formula is C12H14ClN. The van der Waals surface area contributed by atoms with Crippen molar-refractivity contribution in [2.75, 3.05) is 0 Å². The Morgan fingerprint density at radius 2 is 2.07 bits per heavy atom. The summed E-state index contributed by atoms with van der Waals surface area (Å²) in [5.41, 5.74) is 8.35. The minimum Gasteiger partial charge on any atom is -0.327 e. The lowest BCUT2D eigenvalue weighted by atomic mass is 9.91. The van der Waals surface area contributed by atoms with Crippen LogP contribution in [0.2, 0.25) is 5.02 Å². The van der Waals surface area contributed by atoms with Gasteiger partial charge in [-0.3, -0.25) is 0 Å². The van der Waals surface area contributed by atoms with Crippen molar-refractivity contribution in [3.63, 3.8) is 0 Å². The second-order valence-corrected chi connectivity index (χ2v) is 4.15. The van der Waals surface area contributed by atoms with Crippen LogP contribution in [0.5, 0.6) is 0 Å². The molecule has 1 atom stereocenters. The Kier molecular flexibility index (Phi) is 2.90. The Morgan fingerprint density at radius 3 is 2.71 bits per heavy atom. The molecule has 1 aromatic rings. The first-order valence-corrected chi connectivity index (χ1v) is 5.34. The first kappa shape index (κ1) is 9.75. The van der Waals surface area contributed by atoms with Gasteiger partial charge in [0.15, 0.2) is 0 Å². The van der Waals surface area contributed by atoms with Crippen LogP contribution in [0.3, 0.4) is 0 Å². The van der Waals surface area contributed by atoms with E-state index in [4.69, 9.17) is 17.3 Å². The fourth-order valence-corrected chi connectivity index (χ4v) is 2.08. The highest BCUT2D eigenvalue weighted by atomic mass is 35.5. The van der Waals surface area contributed by atoms with Crippen molar-refractivity contribution in [3.8, 4) is 0 Å². The van der Waals surface area contributed by atoms with Gasteiger partial charge in [0.25, 0.3) is 0 Å². The number of nitrogens with two attached hydrogens (primary N) is 1. The molecule has 0 saturated carbocycles. The molecule has 1 unspecified atom stereocenters. The number of allylic oxidation sites excluding steroid dienone is 1. The summed E-state index contributed by atoms with van der Waals surface area (Å²) < 4.78 is 0. The smallest absolute Gasteiger partial charge is 0.0481 e. The third-order valence-corrected chi connectivity index (χ3v) is 3.00. The molecule has 0 aromatic heterocycles. The highest BCUT2D eigenvalue weighted by Gasteiger charge is 2.13. The van der Waals surface area contributed by atoms with Crippen LogP contribution >= 0.6 is 11.6 Å². The fourth-order valence-electron chi connectivity index (χ4n) is 1.82. The van der Waals surface area contributed by atoms with E-state index in [9.17, 15) is 0 Å². The first-order chi connectivity index (χ1) is 6.77. The summed E-state index contributed by atoms with van der Waals surface area (Å²) in [6.07, 6.45) is 5.30. The van der Waals surface area contributed by atoms with Crippen molar-refractivity contribution in [1.82, 2.24) is 0 Å². The van der Waals surface area contributed by atoms with Crippen molar-refractivity contribution in [2.45, 2.75) is 25.3 Å². The van der Waals surface area contributed by atoms with Gasteiger partial charge >= 0.3 is 0 Å². The third kappa shape index (κ3) is 1.99. The van der Waals surface area contributed by atoms with Crippen LogP contribution in [0.4, 0.5) is 0 Å². The van der Waals surface area contributed by atoms with Crippen LogP contribution in [-0.4, -0.2) is 6.04 Å². The summed E-state index contributed by atoms with van der Waals surface area (Å²) in [4.78, 5) is 0. The Bertz CT molecular complexity index is 357. The largest absolute Gasteiger partial charge is 0.327 e. The van der Waals surface area contributed by atoms with Crippen molar-refractivity contribution < 1.29 is 0 Å². The molecule has 0 fully saturated rings. The van der Waals surface area contributed by atoms with Crippen molar-refractivity contribution in [3.05, 3.63) is 40.9 Å². The van der Waals surface area contributed by atoms with E-state index < -0.39 is 0 Å². The number of halogens is 1. The Morgan fingerprint density at radius 1 is 1.29 bits per heavy atom. The van der Waals surface area contributed by atoms with E-state index in [0.29, 0.717) is 6.04 Å². The molecule has 0 amide bonds. The normalized spacial score (nSPS) is 21.9. The molecule has 0 bridgehead atoms. The zero-order valence-electron chi connectivity index (χ0n) is 8.04. The maximum absolute atomic E-state index is 6.12. The third-order valence-electron chi connectivity index (χ3n) is 2.67. The molecule has 0 radical (unpaired) electrons. The van der Waals surface area contributed by atoms with E-state index in [1.807, 2.05) is 18.2 Å². The quantitative estimate of drug-likeness (QED) is 0.752. The predicted octanol–water partition coefficient (Wildman–Crippen LogP) is 3.23. The number of hydrogen-bond donors (Lipinski definition) is 1. The average molecular weight is 208 g/mol. The van der Waals surface area contributed by atoms with Crippen LogP contribution in [-0.2, 0) is 0 Å². The van der Waals surface area contributed by atoms with Crippen LogP contribution < -0.4 is 5.73 Å². The molecule has 0 saturated heterocycles. The van der Waals surface area contributed by atoms with Gasteiger partial charge in [0.1, 0.15) is 0 Å². The summed E-state index contributed by atoms with van der Waals surface area (Å²) in [6.45, 7) is 0. The van der Waals surface area contributed by atoms with E-state index in [-0.39, 0.29) is 0 Å². The van der Waals surface area contributed by atoms with Gasteiger partial charge in [-0.1, -0.05) is 35.9 Å². The number of rotatable bonds is 1. The standard InChI is InChI=1S/C12H14ClN/c13-12-4-2-1-3-11(12)9-5-7-10(14)8-6-9/h1-5,10H,6-8,14H2. The van der Waals surface area contributed by atoms with Gasteiger partial charge in [-0.15, -0.1) is 0 Å². The Balaban J connectivity index is 2.28. The molecule has 1 aliphatic rings. The maximum Gasteiger partial charge on any atom is 0.0481 e. The van der Waals surface area contributed by atoms with E-state index in [0.717, 1.165) is 24.3 Å². The van der Waals surface area contributed by atoms with Gasteiger partial charge in [0.05, 0.1) is 0 Å². The van der Waals surface area contributed by atoms with Gasteiger partial charge in [-0.2, -0.15) is 0 Å². The Hall–Kier alpha value is -0.790. The monoisotopic (exact) mass is 207 g/mol. The molecule has 0 heterocycles. The van der Waals surface area contributed by atoms with E-state index in [2.05, 4.69) is 12.1 Å². The van der Waals surface area contributed by atoms with Crippen LogP contribution in [0.1, 0.15) is 24.8 Å². The minimum atomic E-state index is 0.334. The molecule has 1 aromatic carbocycles. The lowest BCUT2D eigenvalue weighted by molar-refractivity contribution is 0.614. The van der Waals surface area contributed by atoms with Crippen LogP contribution in [0.25, 0.3) is 5.57 Å². The molecule has 74 valence electrons. The molecule has 0 spiro atoms. The molecule has 2 rings (SSSR count). The number of hydrogen-bond acceptors (Lipinski definition) is 1. The van der Waals surface area contributed by atoms with Crippen molar-refractivity contribution >= 4 is 17.2 Å². The zero-order chi connectivity index (χ0) is 9.97. The van der Waals surface area contributed by atoms with Gasteiger partial charge < -0.3 is 5.73 Å². The predicted molar refractivity (Wildman–Crippen MR) is 61.3 cm³/mol. The van der Waals surface area contributed by atoms with Crippen LogP contribution in [0, 0.1) is 0 Å². The average Bonchev–Trinajstić information content (AvgIpc) is 2.20. The van der Waals surface area contributed by atoms with Gasteiger partial charge in [0.2, 0.25) is 0 Å². The summed E-state index contributed by atoms with van der Waals surface area (Å²) in [5, 5.41) is 0.842. The minimum absolute atomic E-state index is 0.334. The fraction of sp³-hybridized carbons (Fsp3) is 0.333. The highest BCUT2D eigenvalue weighted by molar-refractivity contribution is 6.32. The molecule has 1 nitrogen and oxygen atoms in total. The van der Waals surface area contributed by atoms with Gasteiger partial charge in [-0.05, 0) is 36.5 Å². The summed E-state index contributed by atoms with van der Waals surface area (Å²) in [5.74, 6) is 0. The molecule has 14 heavy (non-hydrogen) atoms. The molecule has 2 heteroatoms. The highest BCUT2D eigenvalue weighted by Crippen LogP contribution is 2.30.